The van der Waals surface area contributed by atoms with Gasteiger partial charge in [-0.2, -0.15) is 0 Å². The third-order valence-electron chi connectivity index (χ3n) is 1.50. The van der Waals surface area contributed by atoms with Crippen molar-refractivity contribution in [1.29, 1.82) is 0 Å². The van der Waals surface area contributed by atoms with Crippen LogP contribution in [-0.2, 0) is 14.3 Å². The van der Waals surface area contributed by atoms with Gasteiger partial charge in [0.15, 0.2) is 0 Å². The van der Waals surface area contributed by atoms with Crippen LogP contribution < -0.4 is 5.32 Å². The average Bonchev–Trinajstić information content (AvgIpc) is 2.13. The number of rotatable bonds is 3. The predicted octanol–water partition coefficient (Wildman–Crippen LogP) is 1.08. The van der Waals surface area contributed by atoms with Crippen LogP contribution in [-0.4, -0.2) is 30.8 Å². The average molecular weight is 227 g/mol. The molecule has 0 fully saturated rings. The smallest absolute Gasteiger partial charge is 0.408 e. The number of nitrogens with one attached hydrogen (secondary N) is 1. The molecule has 0 heterocycles. The molecule has 1 N–H and O–H groups in total. The molecule has 1 amide bonds. The number of alkyl carbamates (subject to hydrolysis) is 1. The maximum absolute atomic E-state index is 11.4. The molecule has 0 unspecified atom stereocenters. The maximum atomic E-state index is 11.4. The summed E-state index contributed by atoms with van der Waals surface area (Å²) in [6, 6.07) is -0.871. The molecule has 0 aliphatic carbocycles. The van der Waals surface area contributed by atoms with Crippen LogP contribution in [0.4, 0.5) is 4.79 Å². The number of hydrogen-bond acceptors (Lipinski definition) is 4. The van der Waals surface area contributed by atoms with Crippen LogP contribution in [0.25, 0.3) is 0 Å². The molecule has 0 saturated heterocycles. The van der Waals surface area contributed by atoms with Gasteiger partial charge in [-0.3, -0.25) is 0 Å². The first-order chi connectivity index (χ1) is 7.30. The lowest BCUT2D eigenvalue weighted by molar-refractivity contribution is -0.143. The Morgan fingerprint density at radius 1 is 1.44 bits per heavy atom. The summed E-state index contributed by atoms with van der Waals surface area (Å²) in [6.07, 6.45) is 4.44. The Bertz CT molecular complexity index is 298. The zero-order valence-corrected chi connectivity index (χ0v) is 9.99. The first-order valence-corrected chi connectivity index (χ1v) is 4.81. The van der Waals surface area contributed by atoms with E-state index in [9.17, 15) is 9.59 Å². The Kier molecular flexibility index (Phi) is 5.37. The summed E-state index contributed by atoms with van der Waals surface area (Å²) < 4.78 is 9.47. The minimum Gasteiger partial charge on any atom is -0.467 e. The molecule has 5 heteroatoms. The topological polar surface area (TPSA) is 64.6 Å². The summed E-state index contributed by atoms with van der Waals surface area (Å²) in [6.45, 7) is 5.17. The first-order valence-electron chi connectivity index (χ1n) is 4.81. The molecule has 90 valence electrons. The first kappa shape index (κ1) is 14.3. The summed E-state index contributed by atoms with van der Waals surface area (Å²) in [5.74, 6) is 1.69. The molecule has 0 aromatic rings. The molecular formula is C11H17NO4. The standard InChI is InChI=1S/C11H17NO4/c1-6-7-8(9(13)15-5)12-10(14)16-11(2,3)4/h1,8H,7H2,2-5H3,(H,12,14)/t8-/m0/s1. The molecule has 0 radical (unpaired) electrons. The molecule has 0 aromatic heterocycles. The molecule has 5 nitrogen and oxygen atoms in total. The van der Waals surface area contributed by atoms with Crippen molar-refractivity contribution in [2.75, 3.05) is 7.11 Å². The fraction of sp³-hybridized carbons (Fsp3) is 0.636. The van der Waals surface area contributed by atoms with E-state index in [2.05, 4.69) is 16.0 Å². The lowest BCUT2D eigenvalue weighted by Gasteiger charge is -2.21. The third-order valence-corrected chi connectivity index (χ3v) is 1.50. The summed E-state index contributed by atoms with van der Waals surface area (Å²) in [5, 5.41) is 2.35. The summed E-state index contributed by atoms with van der Waals surface area (Å²) in [5.41, 5.74) is -0.624. The Morgan fingerprint density at radius 2 is 2.00 bits per heavy atom. The van der Waals surface area contributed by atoms with Gasteiger partial charge in [-0.1, -0.05) is 0 Å². The second kappa shape index (κ2) is 6.01. The normalized spacial score (nSPS) is 12.2. The van der Waals surface area contributed by atoms with Gasteiger partial charge in [-0.05, 0) is 20.8 Å². The van der Waals surface area contributed by atoms with E-state index in [4.69, 9.17) is 11.2 Å². The van der Waals surface area contributed by atoms with E-state index < -0.39 is 23.7 Å². The van der Waals surface area contributed by atoms with Crippen molar-refractivity contribution in [3.63, 3.8) is 0 Å². The van der Waals surface area contributed by atoms with Gasteiger partial charge in [0.2, 0.25) is 0 Å². The largest absolute Gasteiger partial charge is 0.467 e. The van der Waals surface area contributed by atoms with E-state index in [1.54, 1.807) is 20.8 Å². The van der Waals surface area contributed by atoms with Crippen molar-refractivity contribution in [3.8, 4) is 12.3 Å². The molecule has 0 bridgehead atoms. The lowest BCUT2D eigenvalue weighted by atomic mass is 10.2. The fourth-order valence-corrected chi connectivity index (χ4v) is 0.903. The maximum Gasteiger partial charge on any atom is 0.408 e. The van der Waals surface area contributed by atoms with Crippen molar-refractivity contribution in [2.45, 2.75) is 38.8 Å². The number of methoxy groups -OCH3 is 1. The highest BCUT2D eigenvalue weighted by Crippen LogP contribution is 2.07. The highest BCUT2D eigenvalue weighted by Gasteiger charge is 2.23. The van der Waals surface area contributed by atoms with Crippen LogP contribution >= 0.6 is 0 Å². The molecule has 0 rings (SSSR count). The molecular weight excluding hydrogens is 210 g/mol. The molecule has 0 spiro atoms. The van der Waals surface area contributed by atoms with Gasteiger partial charge in [0.05, 0.1) is 7.11 Å². The Labute approximate surface area is 95.5 Å². The van der Waals surface area contributed by atoms with E-state index in [0.29, 0.717) is 0 Å². The number of terminal acetylenes is 1. The van der Waals surface area contributed by atoms with Gasteiger partial charge < -0.3 is 14.8 Å². The van der Waals surface area contributed by atoms with Crippen LogP contribution in [0.15, 0.2) is 0 Å². The van der Waals surface area contributed by atoms with E-state index in [1.807, 2.05) is 0 Å². The quantitative estimate of drug-likeness (QED) is 0.578. The second-order valence-electron chi connectivity index (χ2n) is 4.13. The monoisotopic (exact) mass is 227 g/mol. The molecule has 16 heavy (non-hydrogen) atoms. The van der Waals surface area contributed by atoms with Gasteiger partial charge in [-0.15, -0.1) is 12.3 Å². The minimum absolute atomic E-state index is 0.0614. The van der Waals surface area contributed by atoms with Gasteiger partial charge in [-0.25, -0.2) is 9.59 Å². The van der Waals surface area contributed by atoms with Crippen LogP contribution in [0.5, 0.6) is 0 Å². The summed E-state index contributed by atoms with van der Waals surface area (Å²) in [4.78, 5) is 22.6. The van der Waals surface area contributed by atoms with Crippen LogP contribution in [0, 0.1) is 12.3 Å². The van der Waals surface area contributed by atoms with E-state index in [0.717, 1.165) is 0 Å². The van der Waals surface area contributed by atoms with Crippen molar-refractivity contribution in [3.05, 3.63) is 0 Å². The van der Waals surface area contributed by atoms with Gasteiger partial charge in [0.25, 0.3) is 0 Å². The van der Waals surface area contributed by atoms with Crippen molar-refractivity contribution < 1.29 is 19.1 Å². The molecule has 1 atom stereocenters. The highest BCUT2D eigenvalue weighted by atomic mass is 16.6. The number of esters is 1. The highest BCUT2D eigenvalue weighted by molar-refractivity contribution is 5.81. The lowest BCUT2D eigenvalue weighted by Crippen LogP contribution is -2.43. The fourth-order valence-electron chi connectivity index (χ4n) is 0.903. The van der Waals surface area contributed by atoms with Crippen LogP contribution in [0.1, 0.15) is 27.2 Å². The molecule has 0 aromatic carbocycles. The minimum atomic E-state index is -0.871. The van der Waals surface area contributed by atoms with E-state index in [-0.39, 0.29) is 6.42 Å². The zero-order chi connectivity index (χ0) is 12.8. The Hall–Kier alpha value is -1.70. The van der Waals surface area contributed by atoms with Gasteiger partial charge in [0, 0.05) is 6.42 Å². The van der Waals surface area contributed by atoms with Crippen LogP contribution in [0.3, 0.4) is 0 Å². The van der Waals surface area contributed by atoms with Crippen LogP contribution in [0.2, 0.25) is 0 Å². The number of carbonyl (C=O) groups is 2. The summed E-state index contributed by atoms with van der Waals surface area (Å²) in [7, 11) is 1.22. The third kappa shape index (κ3) is 5.91. The van der Waals surface area contributed by atoms with Crippen molar-refractivity contribution >= 4 is 12.1 Å². The second-order valence-corrected chi connectivity index (χ2v) is 4.13. The number of carbonyl (C=O) groups excluding carboxylic acids is 2. The SMILES string of the molecule is C#CC[C@H](NC(=O)OC(C)(C)C)C(=O)OC. The van der Waals surface area contributed by atoms with E-state index >= 15 is 0 Å². The Morgan fingerprint density at radius 3 is 2.38 bits per heavy atom. The molecule has 0 aliphatic heterocycles. The van der Waals surface area contributed by atoms with E-state index in [1.165, 1.54) is 7.11 Å². The number of amides is 1. The zero-order valence-electron chi connectivity index (χ0n) is 9.99. The molecule has 0 saturated carbocycles. The van der Waals surface area contributed by atoms with Crippen molar-refractivity contribution in [2.24, 2.45) is 0 Å². The van der Waals surface area contributed by atoms with Gasteiger partial charge >= 0.3 is 12.1 Å². The predicted molar refractivity (Wildman–Crippen MR) is 58.6 cm³/mol. The summed E-state index contributed by atoms with van der Waals surface area (Å²) >= 11 is 0. The Balaban J connectivity index is 4.36. The van der Waals surface area contributed by atoms with Crippen molar-refractivity contribution in [1.82, 2.24) is 5.32 Å². The van der Waals surface area contributed by atoms with Gasteiger partial charge in [0.1, 0.15) is 11.6 Å². The number of hydrogen-bond donors (Lipinski definition) is 1. The number of ether oxygens (including phenoxy) is 2. The molecule has 0 aliphatic rings.